The van der Waals surface area contributed by atoms with Crippen molar-refractivity contribution < 1.29 is 13.9 Å². The van der Waals surface area contributed by atoms with Gasteiger partial charge in [0.1, 0.15) is 11.3 Å². The van der Waals surface area contributed by atoms with Gasteiger partial charge in [-0.05, 0) is 30.8 Å². The highest BCUT2D eigenvalue weighted by molar-refractivity contribution is 7.99. The predicted octanol–water partition coefficient (Wildman–Crippen LogP) is 3.05. The Bertz CT molecular complexity index is 559. The van der Waals surface area contributed by atoms with E-state index in [4.69, 9.17) is 20.8 Å². The molecule has 0 atom stereocenters. The van der Waals surface area contributed by atoms with Crippen molar-refractivity contribution in [1.82, 2.24) is 9.97 Å². The first-order chi connectivity index (χ1) is 8.70. The number of pyridine rings is 1. The zero-order valence-corrected chi connectivity index (χ0v) is 11.0. The molecule has 7 heteroatoms. The van der Waals surface area contributed by atoms with Crippen LogP contribution >= 0.6 is 23.4 Å². The minimum absolute atomic E-state index is 0.131. The second-order valence-corrected chi connectivity index (χ2v) is 4.46. The van der Waals surface area contributed by atoms with Crippen molar-refractivity contribution in [3.8, 4) is 0 Å². The number of esters is 1. The lowest BCUT2D eigenvalue weighted by Gasteiger charge is -1.97. The lowest BCUT2D eigenvalue weighted by atomic mass is 10.5. The number of nitrogens with zero attached hydrogens (tertiary/aromatic N) is 2. The molecule has 0 saturated heterocycles. The molecule has 2 aromatic heterocycles. The van der Waals surface area contributed by atoms with Crippen LogP contribution in [0.2, 0.25) is 5.02 Å². The largest absolute Gasteiger partial charge is 0.461 e. The average Bonchev–Trinajstić information content (AvgIpc) is 2.81. The third-order valence-electron chi connectivity index (χ3n) is 1.88. The number of hydrogen-bond donors (Lipinski definition) is 0. The molecule has 18 heavy (non-hydrogen) atoms. The van der Waals surface area contributed by atoms with E-state index in [0.29, 0.717) is 21.9 Å². The summed E-state index contributed by atoms with van der Waals surface area (Å²) in [6, 6.07) is 3.44. The van der Waals surface area contributed by atoms with Crippen LogP contribution < -0.4 is 0 Å². The van der Waals surface area contributed by atoms with Gasteiger partial charge < -0.3 is 9.15 Å². The predicted molar refractivity (Wildman–Crippen MR) is 65.8 cm³/mol. The first kappa shape index (κ1) is 12.9. The molecule has 2 aromatic rings. The summed E-state index contributed by atoms with van der Waals surface area (Å²) in [7, 11) is 0. The second kappa shape index (κ2) is 5.88. The zero-order chi connectivity index (χ0) is 13.0. The SMILES string of the molecule is CCOC(=O)c1coc(Sc2ncccc2Cl)n1. The van der Waals surface area contributed by atoms with E-state index in [9.17, 15) is 4.79 Å². The molecule has 0 N–H and O–H groups in total. The van der Waals surface area contributed by atoms with Crippen LogP contribution in [0, 0.1) is 0 Å². The van der Waals surface area contributed by atoms with Crippen LogP contribution in [0.4, 0.5) is 0 Å². The van der Waals surface area contributed by atoms with Gasteiger partial charge in [0.2, 0.25) is 0 Å². The van der Waals surface area contributed by atoms with Crippen LogP contribution in [-0.4, -0.2) is 22.5 Å². The molecule has 0 amide bonds. The van der Waals surface area contributed by atoms with Crippen LogP contribution in [0.3, 0.4) is 0 Å². The molecule has 2 rings (SSSR count). The van der Waals surface area contributed by atoms with Gasteiger partial charge in [0, 0.05) is 6.20 Å². The maximum Gasteiger partial charge on any atom is 0.360 e. The number of hydrogen-bond acceptors (Lipinski definition) is 6. The molecule has 0 bridgehead atoms. The van der Waals surface area contributed by atoms with E-state index < -0.39 is 5.97 Å². The van der Waals surface area contributed by atoms with Gasteiger partial charge in [0.15, 0.2) is 5.69 Å². The van der Waals surface area contributed by atoms with E-state index in [2.05, 4.69) is 9.97 Å². The highest BCUT2D eigenvalue weighted by Crippen LogP contribution is 2.30. The van der Waals surface area contributed by atoms with Crippen molar-refractivity contribution in [2.24, 2.45) is 0 Å². The summed E-state index contributed by atoms with van der Waals surface area (Å²) in [4.78, 5) is 19.4. The third kappa shape index (κ3) is 3.02. The molecule has 0 aromatic carbocycles. The average molecular weight is 285 g/mol. The van der Waals surface area contributed by atoms with Gasteiger partial charge in [-0.3, -0.25) is 0 Å². The van der Waals surface area contributed by atoms with Crippen molar-refractivity contribution in [3.05, 3.63) is 35.3 Å². The molecule has 5 nitrogen and oxygen atoms in total. The maximum absolute atomic E-state index is 11.4. The molecule has 0 radical (unpaired) electrons. The minimum atomic E-state index is -0.514. The summed E-state index contributed by atoms with van der Waals surface area (Å²) in [5, 5.41) is 1.36. The van der Waals surface area contributed by atoms with Crippen molar-refractivity contribution in [2.45, 2.75) is 17.2 Å². The van der Waals surface area contributed by atoms with Crippen LogP contribution in [0.1, 0.15) is 17.4 Å². The van der Waals surface area contributed by atoms with Gasteiger partial charge in [0.05, 0.1) is 11.6 Å². The molecular formula is C11H9ClN2O3S. The fourth-order valence-corrected chi connectivity index (χ4v) is 2.05. The minimum Gasteiger partial charge on any atom is -0.461 e. The van der Waals surface area contributed by atoms with Crippen LogP contribution in [-0.2, 0) is 4.74 Å². The molecule has 2 heterocycles. The Morgan fingerprint density at radius 1 is 1.61 bits per heavy atom. The van der Waals surface area contributed by atoms with Gasteiger partial charge >= 0.3 is 5.97 Å². The van der Waals surface area contributed by atoms with Gasteiger partial charge in [0.25, 0.3) is 5.22 Å². The lowest BCUT2D eigenvalue weighted by Crippen LogP contribution is -2.04. The summed E-state index contributed by atoms with van der Waals surface area (Å²) >= 11 is 7.09. The topological polar surface area (TPSA) is 65.2 Å². The Morgan fingerprint density at radius 2 is 2.44 bits per heavy atom. The smallest absolute Gasteiger partial charge is 0.360 e. The fraction of sp³-hybridized carbons (Fsp3) is 0.182. The molecule has 0 aliphatic heterocycles. The molecule has 94 valence electrons. The normalized spacial score (nSPS) is 10.3. The van der Waals surface area contributed by atoms with E-state index >= 15 is 0 Å². The van der Waals surface area contributed by atoms with Crippen LogP contribution in [0.5, 0.6) is 0 Å². The van der Waals surface area contributed by atoms with Crippen molar-refractivity contribution in [2.75, 3.05) is 6.61 Å². The summed E-state index contributed by atoms with van der Waals surface area (Å²) in [6.07, 6.45) is 2.86. The Hall–Kier alpha value is -1.53. The molecular weight excluding hydrogens is 276 g/mol. The van der Waals surface area contributed by atoms with Crippen molar-refractivity contribution in [1.29, 1.82) is 0 Å². The number of carbonyl (C=O) groups is 1. The van der Waals surface area contributed by atoms with E-state index in [0.717, 1.165) is 11.8 Å². The van der Waals surface area contributed by atoms with Gasteiger partial charge in [-0.1, -0.05) is 11.6 Å². The molecule has 0 spiro atoms. The monoisotopic (exact) mass is 284 g/mol. The van der Waals surface area contributed by atoms with E-state index in [1.807, 2.05) is 0 Å². The Kier molecular flexibility index (Phi) is 4.22. The highest BCUT2D eigenvalue weighted by Gasteiger charge is 2.15. The maximum atomic E-state index is 11.4. The summed E-state index contributed by atoms with van der Waals surface area (Å²) in [5.41, 5.74) is 0.131. The zero-order valence-electron chi connectivity index (χ0n) is 9.42. The first-order valence-corrected chi connectivity index (χ1v) is 6.31. The third-order valence-corrected chi connectivity index (χ3v) is 3.17. The molecule has 0 aliphatic carbocycles. The Labute approximate surface area is 113 Å². The summed E-state index contributed by atoms with van der Waals surface area (Å²) in [6.45, 7) is 2.02. The number of ether oxygens (including phenoxy) is 1. The van der Waals surface area contributed by atoms with E-state index in [1.54, 1.807) is 25.3 Å². The van der Waals surface area contributed by atoms with Gasteiger partial charge in [-0.15, -0.1) is 0 Å². The molecule has 0 aliphatic rings. The molecule has 0 saturated carbocycles. The highest BCUT2D eigenvalue weighted by atomic mass is 35.5. The Morgan fingerprint density at radius 3 is 3.17 bits per heavy atom. The number of aromatic nitrogens is 2. The van der Waals surface area contributed by atoms with Gasteiger partial charge in [-0.2, -0.15) is 4.98 Å². The Balaban J connectivity index is 2.12. The van der Waals surface area contributed by atoms with E-state index in [-0.39, 0.29) is 5.69 Å². The summed E-state index contributed by atoms with van der Waals surface area (Å²) < 4.78 is 9.95. The first-order valence-electron chi connectivity index (χ1n) is 5.11. The molecule has 0 unspecified atom stereocenters. The quantitative estimate of drug-likeness (QED) is 0.804. The van der Waals surface area contributed by atoms with E-state index in [1.165, 1.54) is 6.26 Å². The number of rotatable bonds is 4. The standard InChI is InChI=1S/C11H9ClN2O3S/c1-2-16-10(15)8-6-17-11(14-8)18-9-7(12)4-3-5-13-9/h3-6H,2H2,1H3. The number of carbonyl (C=O) groups excluding carboxylic acids is 1. The van der Waals surface area contributed by atoms with Crippen LogP contribution in [0.15, 0.2) is 39.3 Å². The van der Waals surface area contributed by atoms with Crippen molar-refractivity contribution >= 4 is 29.3 Å². The lowest BCUT2D eigenvalue weighted by molar-refractivity contribution is 0.0519. The fourth-order valence-electron chi connectivity index (χ4n) is 1.13. The second-order valence-electron chi connectivity index (χ2n) is 3.11. The van der Waals surface area contributed by atoms with Crippen molar-refractivity contribution in [3.63, 3.8) is 0 Å². The molecule has 0 fully saturated rings. The summed E-state index contributed by atoms with van der Waals surface area (Å²) in [5.74, 6) is -0.514. The number of oxazole rings is 1. The number of halogens is 1. The van der Waals surface area contributed by atoms with Gasteiger partial charge in [-0.25, -0.2) is 9.78 Å². The van der Waals surface area contributed by atoms with Crippen LogP contribution in [0.25, 0.3) is 0 Å².